The van der Waals surface area contributed by atoms with Crippen molar-refractivity contribution in [2.24, 2.45) is 0 Å². The minimum Gasteiger partial charge on any atom is -0.390 e. The van der Waals surface area contributed by atoms with Gasteiger partial charge in [-0.05, 0) is 38.9 Å². The minimum absolute atomic E-state index is 0.190. The van der Waals surface area contributed by atoms with Crippen LogP contribution in [-0.4, -0.2) is 48.8 Å². The quantitative estimate of drug-likeness (QED) is 0.591. The number of aliphatic hydroxyl groups excluding tert-OH is 1. The molecule has 0 spiro atoms. The summed E-state index contributed by atoms with van der Waals surface area (Å²) in [7, 11) is 0. The molecule has 1 unspecified atom stereocenters. The first-order chi connectivity index (χ1) is 6.33. The first-order valence-electron chi connectivity index (χ1n) is 5.44. The molecule has 2 N–H and O–H groups in total. The zero-order valence-electron chi connectivity index (χ0n) is 8.63. The average molecular weight is 186 g/mol. The smallest absolute Gasteiger partial charge is 0.0791 e. The van der Waals surface area contributed by atoms with Gasteiger partial charge in [0, 0.05) is 13.1 Å². The molecule has 0 aromatic carbocycles. The Morgan fingerprint density at radius 3 is 2.69 bits per heavy atom. The summed E-state index contributed by atoms with van der Waals surface area (Å²) in [5.74, 6) is 0. The lowest BCUT2D eigenvalue weighted by Crippen LogP contribution is -2.37. The number of nitrogens with one attached hydrogen (secondary N) is 1. The maximum absolute atomic E-state index is 9.63. The van der Waals surface area contributed by atoms with E-state index in [0.29, 0.717) is 0 Å². The SMILES string of the molecule is CCCNCC(O)CN1CCCC1. The molecule has 0 aromatic rings. The van der Waals surface area contributed by atoms with Crippen molar-refractivity contribution in [3.05, 3.63) is 0 Å². The molecule has 0 amide bonds. The van der Waals surface area contributed by atoms with Gasteiger partial charge in [-0.1, -0.05) is 6.92 Å². The van der Waals surface area contributed by atoms with Gasteiger partial charge >= 0.3 is 0 Å². The molecular weight excluding hydrogens is 164 g/mol. The highest BCUT2D eigenvalue weighted by Crippen LogP contribution is 2.07. The van der Waals surface area contributed by atoms with E-state index in [1.54, 1.807) is 0 Å². The van der Waals surface area contributed by atoms with E-state index >= 15 is 0 Å². The lowest BCUT2D eigenvalue weighted by molar-refractivity contribution is 0.124. The van der Waals surface area contributed by atoms with Crippen LogP contribution in [0.15, 0.2) is 0 Å². The predicted octanol–water partition coefficient (Wildman–Crippen LogP) is 0.443. The van der Waals surface area contributed by atoms with E-state index in [1.165, 1.54) is 25.9 Å². The Kier molecular flexibility index (Phi) is 5.35. The molecule has 0 bridgehead atoms. The number of β-amino-alcohol motifs (C(OH)–C–C–N with tert-alkyl or cyclic N) is 1. The van der Waals surface area contributed by atoms with Crippen LogP contribution >= 0.6 is 0 Å². The molecule has 78 valence electrons. The molecule has 1 rings (SSSR count). The third-order valence-electron chi connectivity index (χ3n) is 2.47. The summed E-state index contributed by atoms with van der Waals surface area (Å²) in [5, 5.41) is 12.9. The van der Waals surface area contributed by atoms with Gasteiger partial charge < -0.3 is 15.3 Å². The van der Waals surface area contributed by atoms with Crippen LogP contribution in [0.5, 0.6) is 0 Å². The highest BCUT2D eigenvalue weighted by atomic mass is 16.3. The van der Waals surface area contributed by atoms with Crippen molar-refractivity contribution in [2.75, 3.05) is 32.7 Å². The molecule has 1 fully saturated rings. The predicted molar refractivity (Wildman–Crippen MR) is 54.8 cm³/mol. The van der Waals surface area contributed by atoms with Crippen molar-refractivity contribution in [3.8, 4) is 0 Å². The van der Waals surface area contributed by atoms with Crippen LogP contribution in [0.3, 0.4) is 0 Å². The summed E-state index contributed by atoms with van der Waals surface area (Å²) in [6.07, 6.45) is 3.55. The normalized spacial score (nSPS) is 20.8. The van der Waals surface area contributed by atoms with Crippen molar-refractivity contribution in [1.82, 2.24) is 10.2 Å². The zero-order chi connectivity index (χ0) is 9.52. The zero-order valence-corrected chi connectivity index (χ0v) is 8.63. The largest absolute Gasteiger partial charge is 0.390 e. The number of hydrogen-bond acceptors (Lipinski definition) is 3. The topological polar surface area (TPSA) is 35.5 Å². The van der Waals surface area contributed by atoms with Gasteiger partial charge in [0.2, 0.25) is 0 Å². The molecule has 1 atom stereocenters. The van der Waals surface area contributed by atoms with Gasteiger partial charge in [-0.15, -0.1) is 0 Å². The summed E-state index contributed by atoms with van der Waals surface area (Å²) in [6, 6.07) is 0. The summed E-state index contributed by atoms with van der Waals surface area (Å²) < 4.78 is 0. The molecule has 0 saturated carbocycles. The fourth-order valence-electron chi connectivity index (χ4n) is 1.77. The Balaban J connectivity index is 1.99. The molecule has 1 aliphatic rings. The molecule has 3 nitrogen and oxygen atoms in total. The third kappa shape index (κ3) is 4.60. The van der Waals surface area contributed by atoms with Crippen LogP contribution in [0.25, 0.3) is 0 Å². The van der Waals surface area contributed by atoms with Gasteiger partial charge in [0.15, 0.2) is 0 Å². The summed E-state index contributed by atoms with van der Waals surface area (Å²) >= 11 is 0. The summed E-state index contributed by atoms with van der Waals surface area (Å²) in [4.78, 5) is 2.35. The van der Waals surface area contributed by atoms with Gasteiger partial charge in [-0.25, -0.2) is 0 Å². The second-order valence-electron chi connectivity index (χ2n) is 3.87. The molecule has 13 heavy (non-hydrogen) atoms. The van der Waals surface area contributed by atoms with Crippen molar-refractivity contribution in [2.45, 2.75) is 32.3 Å². The van der Waals surface area contributed by atoms with Crippen LogP contribution in [-0.2, 0) is 0 Å². The van der Waals surface area contributed by atoms with Gasteiger partial charge in [0.1, 0.15) is 0 Å². The van der Waals surface area contributed by atoms with E-state index < -0.39 is 0 Å². The average Bonchev–Trinajstić information content (AvgIpc) is 2.57. The van der Waals surface area contributed by atoms with Crippen LogP contribution in [0.1, 0.15) is 26.2 Å². The van der Waals surface area contributed by atoms with Gasteiger partial charge in [0.05, 0.1) is 6.10 Å². The van der Waals surface area contributed by atoms with Crippen molar-refractivity contribution < 1.29 is 5.11 Å². The Labute approximate surface area is 81.1 Å². The molecular formula is C10H22N2O. The highest BCUT2D eigenvalue weighted by Gasteiger charge is 2.14. The van der Waals surface area contributed by atoms with Crippen LogP contribution in [0.4, 0.5) is 0 Å². The maximum Gasteiger partial charge on any atom is 0.0791 e. The molecule has 3 heteroatoms. The lowest BCUT2D eigenvalue weighted by Gasteiger charge is -2.19. The number of likely N-dealkylation sites (tertiary alicyclic amines) is 1. The highest BCUT2D eigenvalue weighted by molar-refractivity contribution is 4.71. The van der Waals surface area contributed by atoms with Crippen LogP contribution in [0, 0.1) is 0 Å². The number of rotatable bonds is 6. The monoisotopic (exact) mass is 186 g/mol. The molecule has 1 saturated heterocycles. The Morgan fingerprint density at radius 1 is 1.38 bits per heavy atom. The first-order valence-corrected chi connectivity index (χ1v) is 5.44. The molecule has 0 radical (unpaired) electrons. The number of aliphatic hydroxyl groups is 1. The number of hydrogen-bond donors (Lipinski definition) is 2. The fourth-order valence-corrected chi connectivity index (χ4v) is 1.77. The maximum atomic E-state index is 9.63. The van der Waals surface area contributed by atoms with Gasteiger partial charge in [0.25, 0.3) is 0 Å². The van der Waals surface area contributed by atoms with E-state index in [1.807, 2.05) is 0 Å². The Bertz CT molecular complexity index is 124. The molecule has 1 aliphatic heterocycles. The van der Waals surface area contributed by atoms with E-state index in [2.05, 4.69) is 17.1 Å². The van der Waals surface area contributed by atoms with E-state index in [0.717, 1.165) is 26.1 Å². The standard InChI is InChI=1S/C10H22N2O/c1-2-5-11-8-10(13)9-12-6-3-4-7-12/h10-11,13H,2-9H2,1H3. The van der Waals surface area contributed by atoms with Crippen molar-refractivity contribution >= 4 is 0 Å². The number of nitrogens with zero attached hydrogens (tertiary/aromatic N) is 1. The minimum atomic E-state index is -0.190. The summed E-state index contributed by atoms with van der Waals surface area (Å²) in [5.41, 5.74) is 0. The Morgan fingerprint density at radius 2 is 2.08 bits per heavy atom. The van der Waals surface area contributed by atoms with E-state index in [-0.39, 0.29) is 6.10 Å². The lowest BCUT2D eigenvalue weighted by atomic mass is 10.3. The molecule has 0 aliphatic carbocycles. The van der Waals surface area contributed by atoms with Crippen molar-refractivity contribution in [3.63, 3.8) is 0 Å². The third-order valence-corrected chi connectivity index (χ3v) is 2.47. The first kappa shape index (κ1) is 11.0. The van der Waals surface area contributed by atoms with Gasteiger partial charge in [-0.3, -0.25) is 0 Å². The van der Waals surface area contributed by atoms with Crippen LogP contribution in [0.2, 0.25) is 0 Å². The van der Waals surface area contributed by atoms with Gasteiger partial charge in [-0.2, -0.15) is 0 Å². The molecule has 0 aromatic heterocycles. The summed E-state index contributed by atoms with van der Waals surface area (Å²) in [6.45, 7) is 7.08. The second kappa shape index (κ2) is 6.35. The Hall–Kier alpha value is -0.120. The fraction of sp³-hybridized carbons (Fsp3) is 1.00. The molecule has 1 heterocycles. The van der Waals surface area contributed by atoms with E-state index in [4.69, 9.17) is 0 Å². The van der Waals surface area contributed by atoms with E-state index in [9.17, 15) is 5.11 Å². The second-order valence-corrected chi connectivity index (χ2v) is 3.87. The van der Waals surface area contributed by atoms with Crippen LogP contribution < -0.4 is 5.32 Å². The van der Waals surface area contributed by atoms with Crippen molar-refractivity contribution in [1.29, 1.82) is 0 Å².